The van der Waals surface area contributed by atoms with Crippen LogP contribution in [0.15, 0.2) is 5.38 Å². The molecule has 2 amide bonds. The van der Waals surface area contributed by atoms with Gasteiger partial charge in [0.1, 0.15) is 0 Å². The van der Waals surface area contributed by atoms with Crippen molar-refractivity contribution >= 4 is 23.3 Å². The second kappa shape index (κ2) is 7.64. The van der Waals surface area contributed by atoms with E-state index in [0.717, 1.165) is 29.5 Å². The van der Waals surface area contributed by atoms with Gasteiger partial charge in [0.2, 0.25) is 11.8 Å². The van der Waals surface area contributed by atoms with Gasteiger partial charge in [0, 0.05) is 11.4 Å². The Bertz CT molecular complexity index is 763. The number of nitrogens with one attached hydrogen (secondary N) is 2. The summed E-state index contributed by atoms with van der Waals surface area (Å²) in [6.45, 7) is 4.19. The number of carbonyl (C=O) groups excluding carboxylic acids is 1. The zero-order chi connectivity index (χ0) is 18.6. The Kier molecular flexibility index (Phi) is 5.77. The lowest BCUT2D eigenvalue weighted by atomic mass is 10.1. The van der Waals surface area contributed by atoms with Crippen LogP contribution >= 0.6 is 11.3 Å². The standard InChI is InChI=1S/C14H16F3N5O2S/c1-4-8-6-25-7(2)9(8)5-18-12(23)21-11-19-10(14(15,16)17)20-13(22-11)24-3/h6H,4-5H2,1-3H3,(H2,18,19,20,21,22,23). The lowest BCUT2D eigenvalue weighted by Gasteiger charge is -2.10. The number of anilines is 1. The molecule has 0 atom stereocenters. The summed E-state index contributed by atoms with van der Waals surface area (Å²) in [5.74, 6) is -1.99. The number of aromatic nitrogens is 3. The molecule has 2 aromatic heterocycles. The molecule has 0 aliphatic heterocycles. The Morgan fingerprint density at radius 1 is 1.32 bits per heavy atom. The van der Waals surface area contributed by atoms with E-state index < -0.39 is 30.0 Å². The predicted octanol–water partition coefficient (Wildman–Crippen LogP) is 3.15. The van der Waals surface area contributed by atoms with Gasteiger partial charge in [-0.2, -0.15) is 28.1 Å². The summed E-state index contributed by atoms with van der Waals surface area (Å²) in [6, 6.07) is -1.27. The van der Waals surface area contributed by atoms with Gasteiger partial charge in [0.05, 0.1) is 7.11 Å². The number of rotatable bonds is 5. The average Bonchev–Trinajstić information content (AvgIpc) is 2.91. The number of nitrogens with zero attached hydrogens (tertiary/aromatic N) is 3. The van der Waals surface area contributed by atoms with Crippen LogP contribution < -0.4 is 15.4 Å². The number of aryl methyl sites for hydroxylation is 2. The third-order valence-electron chi connectivity index (χ3n) is 3.27. The molecule has 0 aliphatic carbocycles. The summed E-state index contributed by atoms with van der Waals surface area (Å²) in [5, 5.41) is 6.75. The lowest BCUT2D eigenvalue weighted by Crippen LogP contribution is -2.30. The highest BCUT2D eigenvalue weighted by Crippen LogP contribution is 2.27. The molecule has 11 heteroatoms. The summed E-state index contributed by atoms with van der Waals surface area (Å²) < 4.78 is 42.8. The minimum Gasteiger partial charge on any atom is -0.467 e. The zero-order valence-corrected chi connectivity index (χ0v) is 14.5. The third kappa shape index (κ3) is 4.78. The van der Waals surface area contributed by atoms with Crippen LogP contribution in [0.4, 0.5) is 23.9 Å². The zero-order valence-electron chi connectivity index (χ0n) is 13.7. The molecular weight excluding hydrogens is 359 g/mol. The molecular formula is C14H16F3N5O2S. The van der Waals surface area contributed by atoms with Gasteiger partial charge in [-0.25, -0.2) is 4.79 Å². The molecule has 2 N–H and O–H groups in total. The molecule has 0 aliphatic rings. The summed E-state index contributed by atoms with van der Waals surface area (Å²) >= 11 is 1.57. The Morgan fingerprint density at radius 2 is 2.04 bits per heavy atom. The minimum atomic E-state index is -4.78. The number of amides is 2. The summed E-state index contributed by atoms with van der Waals surface area (Å²) in [7, 11) is 1.12. The van der Waals surface area contributed by atoms with Gasteiger partial charge in [-0.15, -0.1) is 11.3 Å². The molecule has 136 valence electrons. The molecule has 25 heavy (non-hydrogen) atoms. The van der Waals surface area contributed by atoms with Crippen LogP contribution in [0.25, 0.3) is 0 Å². The molecule has 0 aromatic carbocycles. The molecule has 7 nitrogen and oxygen atoms in total. The van der Waals surface area contributed by atoms with Crippen LogP contribution in [0, 0.1) is 6.92 Å². The molecule has 0 radical (unpaired) electrons. The number of ether oxygens (including phenoxy) is 1. The van der Waals surface area contributed by atoms with Gasteiger partial charge in [0.25, 0.3) is 0 Å². The van der Waals surface area contributed by atoms with Crippen molar-refractivity contribution < 1.29 is 22.7 Å². The summed E-state index contributed by atoms with van der Waals surface area (Å²) in [4.78, 5) is 22.9. The van der Waals surface area contributed by atoms with Gasteiger partial charge >= 0.3 is 18.2 Å². The monoisotopic (exact) mass is 375 g/mol. The fourth-order valence-corrected chi connectivity index (χ4v) is 2.98. The highest BCUT2D eigenvalue weighted by Gasteiger charge is 2.36. The molecule has 0 saturated heterocycles. The number of thiophene rings is 1. The van der Waals surface area contributed by atoms with E-state index in [1.165, 1.54) is 0 Å². The third-order valence-corrected chi connectivity index (χ3v) is 4.28. The van der Waals surface area contributed by atoms with Gasteiger partial charge in [-0.1, -0.05) is 6.92 Å². The van der Waals surface area contributed by atoms with Crippen molar-refractivity contribution in [2.24, 2.45) is 0 Å². The Hall–Kier alpha value is -2.43. The van der Waals surface area contributed by atoms with Crippen LogP contribution in [0.1, 0.15) is 28.8 Å². The van der Waals surface area contributed by atoms with E-state index in [1.807, 2.05) is 19.2 Å². The number of halogens is 3. The van der Waals surface area contributed by atoms with E-state index in [2.05, 4.69) is 30.3 Å². The fourth-order valence-electron chi connectivity index (χ4n) is 2.01. The van der Waals surface area contributed by atoms with Crippen molar-refractivity contribution in [3.05, 3.63) is 27.2 Å². The van der Waals surface area contributed by atoms with E-state index in [-0.39, 0.29) is 6.54 Å². The van der Waals surface area contributed by atoms with Gasteiger partial charge in [-0.05, 0) is 29.9 Å². The first-order valence-corrected chi connectivity index (χ1v) is 8.10. The van der Waals surface area contributed by atoms with E-state index >= 15 is 0 Å². The molecule has 2 heterocycles. The highest BCUT2D eigenvalue weighted by molar-refractivity contribution is 7.10. The van der Waals surface area contributed by atoms with E-state index in [9.17, 15) is 18.0 Å². The summed E-state index contributed by atoms with van der Waals surface area (Å²) in [5.41, 5.74) is 2.11. The number of carbonyl (C=O) groups is 1. The molecule has 2 rings (SSSR count). The Labute approximate surface area is 145 Å². The maximum absolute atomic E-state index is 12.7. The highest BCUT2D eigenvalue weighted by atomic mass is 32.1. The lowest BCUT2D eigenvalue weighted by molar-refractivity contribution is -0.145. The molecule has 0 saturated carbocycles. The second-order valence-electron chi connectivity index (χ2n) is 4.92. The number of urea groups is 1. The number of methoxy groups -OCH3 is 1. The predicted molar refractivity (Wildman–Crippen MR) is 85.7 cm³/mol. The number of hydrogen-bond donors (Lipinski definition) is 2. The van der Waals surface area contributed by atoms with Crippen molar-refractivity contribution in [3.63, 3.8) is 0 Å². The topological polar surface area (TPSA) is 89.0 Å². The van der Waals surface area contributed by atoms with Crippen LogP contribution in [0.5, 0.6) is 6.01 Å². The SMILES string of the molecule is CCc1csc(C)c1CNC(=O)Nc1nc(OC)nc(C(F)(F)F)n1. The van der Waals surface area contributed by atoms with E-state index in [4.69, 9.17) is 0 Å². The fraction of sp³-hybridized carbons (Fsp3) is 0.429. The quantitative estimate of drug-likeness (QED) is 0.838. The van der Waals surface area contributed by atoms with E-state index in [0.29, 0.717) is 0 Å². The van der Waals surface area contributed by atoms with Crippen molar-refractivity contribution in [1.29, 1.82) is 0 Å². The first kappa shape index (κ1) is 18.9. The van der Waals surface area contributed by atoms with Gasteiger partial charge in [-0.3, -0.25) is 5.32 Å². The van der Waals surface area contributed by atoms with E-state index in [1.54, 1.807) is 11.3 Å². The van der Waals surface area contributed by atoms with Crippen molar-refractivity contribution in [2.75, 3.05) is 12.4 Å². The minimum absolute atomic E-state index is 0.249. The first-order valence-electron chi connectivity index (χ1n) is 7.22. The van der Waals surface area contributed by atoms with Gasteiger partial charge < -0.3 is 10.1 Å². The molecule has 2 aromatic rings. The summed E-state index contributed by atoms with van der Waals surface area (Å²) in [6.07, 6.45) is -3.96. The van der Waals surface area contributed by atoms with Crippen molar-refractivity contribution in [3.8, 4) is 6.01 Å². The Morgan fingerprint density at radius 3 is 2.64 bits per heavy atom. The first-order chi connectivity index (χ1) is 11.7. The average molecular weight is 375 g/mol. The van der Waals surface area contributed by atoms with Crippen molar-refractivity contribution in [1.82, 2.24) is 20.3 Å². The maximum Gasteiger partial charge on any atom is 0.451 e. The van der Waals surface area contributed by atoms with Crippen molar-refractivity contribution in [2.45, 2.75) is 33.0 Å². The number of alkyl halides is 3. The normalized spacial score (nSPS) is 11.3. The van der Waals surface area contributed by atoms with Gasteiger partial charge in [0.15, 0.2) is 0 Å². The maximum atomic E-state index is 12.7. The molecule has 0 spiro atoms. The van der Waals surface area contributed by atoms with Crippen LogP contribution in [0.3, 0.4) is 0 Å². The second-order valence-corrected chi connectivity index (χ2v) is 6.01. The largest absolute Gasteiger partial charge is 0.467 e. The Balaban J connectivity index is 2.08. The molecule has 0 bridgehead atoms. The molecule has 0 fully saturated rings. The smallest absolute Gasteiger partial charge is 0.451 e. The number of hydrogen-bond acceptors (Lipinski definition) is 6. The van der Waals surface area contributed by atoms with Crippen LogP contribution in [0.2, 0.25) is 0 Å². The molecule has 0 unspecified atom stereocenters. The van der Waals surface area contributed by atoms with Crippen LogP contribution in [-0.2, 0) is 19.1 Å². The van der Waals surface area contributed by atoms with Crippen LogP contribution in [-0.4, -0.2) is 28.1 Å².